The average molecular weight is 231 g/mol. The van der Waals surface area contributed by atoms with Crippen LogP contribution < -0.4 is 10.1 Å². The number of benzene rings is 1. The molecule has 2 aliphatic rings. The third-order valence-electron chi connectivity index (χ3n) is 4.11. The first-order valence-corrected chi connectivity index (χ1v) is 6.84. The lowest BCUT2D eigenvalue weighted by molar-refractivity contribution is 0.336. The maximum absolute atomic E-state index is 5.59. The van der Waals surface area contributed by atoms with Gasteiger partial charge in [-0.15, -0.1) is 0 Å². The molecule has 3 atom stereocenters. The molecule has 0 spiro atoms. The fraction of sp³-hybridized carbons (Fsp3) is 0.600. The zero-order chi connectivity index (χ0) is 11.7. The van der Waals surface area contributed by atoms with Gasteiger partial charge in [-0.1, -0.05) is 12.1 Å². The fourth-order valence-electron chi connectivity index (χ4n) is 3.35. The van der Waals surface area contributed by atoms with Gasteiger partial charge in [0.25, 0.3) is 0 Å². The Bertz CT molecular complexity index is 378. The molecule has 0 aliphatic carbocycles. The summed E-state index contributed by atoms with van der Waals surface area (Å²) in [6.07, 6.45) is 5.33. The molecule has 1 unspecified atom stereocenters. The van der Waals surface area contributed by atoms with Crippen molar-refractivity contribution < 1.29 is 4.74 Å². The van der Waals surface area contributed by atoms with Crippen LogP contribution in [0.5, 0.6) is 5.75 Å². The van der Waals surface area contributed by atoms with Crippen molar-refractivity contribution in [1.29, 1.82) is 0 Å². The van der Waals surface area contributed by atoms with Crippen LogP contribution in [-0.4, -0.2) is 18.7 Å². The predicted molar refractivity (Wildman–Crippen MR) is 69.5 cm³/mol. The summed E-state index contributed by atoms with van der Waals surface area (Å²) in [5, 5.41) is 3.70. The Morgan fingerprint density at radius 1 is 1.24 bits per heavy atom. The Labute approximate surface area is 103 Å². The molecule has 2 heteroatoms. The van der Waals surface area contributed by atoms with E-state index < -0.39 is 0 Å². The summed E-state index contributed by atoms with van der Waals surface area (Å²) >= 11 is 0. The number of hydrogen-bond acceptors (Lipinski definition) is 2. The van der Waals surface area contributed by atoms with Gasteiger partial charge in [-0.2, -0.15) is 0 Å². The summed E-state index contributed by atoms with van der Waals surface area (Å²) in [5.74, 6) is 1.75. The first-order chi connectivity index (χ1) is 8.35. The third kappa shape index (κ3) is 2.32. The van der Waals surface area contributed by atoms with Crippen LogP contribution in [0.15, 0.2) is 24.3 Å². The van der Waals surface area contributed by atoms with Crippen molar-refractivity contribution in [2.75, 3.05) is 6.61 Å². The topological polar surface area (TPSA) is 21.3 Å². The van der Waals surface area contributed by atoms with Crippen molar-refractivity contribution in [2.24, 2.45) is 0 Å². The van der Waals surface area contributed by atoms with Crippen molar-refractivity contribution in [1.82, 2.24) is 5.32 Å². The summed E-state index contributed by atoms with van der Waals surface area (Å²) in [5.41, 5.74) is 1.47. The van der Waals surface area contributed by atoms with E-state index in [0.29, 0.717) is 0 Å². The largest absolute Gasteiger partial charge is 0.494 e. The van der Waals surface area contributed by atoms with Gasteiger partial charge in [0, 0.05) is 12.1 Å². The van der Waals surface area contributed by atoms with Gasteiger partial charge in [-0.05, 0) is 56.2 Å². The molecule has 0 radical (unpaired) electrons. The average Bonchev–Trinajstić information content (AvgIpc) is 2.69. The Kier molecular flexibility index (Phi) is 3.06. The van der Waals surface area contributed by atoms with E-state index in [1.165, 1.54) is 31.2 Å². The van der Waals surface area contributed by atoms with E-state index in [0.717, 1.165) is 30.4 Å². The zero-order valence-electron chi connectivity index (χ0n) is 10.5. The van der Waals surface area contributed by atoms with Crippen LogP contribution in [0.1, 0.15) is 44.1 Å². The number of nitrogens with one attached hydrogen (secondary N) is 1. The maximum Gasteiger partial charge on any atom is 0.119 e. The molecule has 0 aromatic heterocycles. The molecule has 1 aromatic carbocycles. The highest BCUT2D eigenvalue weighted by Gasteiger charge is 2.33. The van der Waals surface area contributed by atoms with Crippen LogP contribution in [0.4, 0.5) is 0 Å². The molecule has 0 amide bonds. The van der Waals surface area contributed by atoms with Gasteiger partial charge in [0.15, 0.2) is 0 Å². The molecule has 3 rings (SSSR count). The van der Waals surface area contributed by atoms with Crippen molar-refractivity contribution in [3.63, 3.8) is 0 Å². The summed E-state index contributed by atoms with van der Waals surface area (Å²) in [4.78, 5) is 0. The monoisotopic (exact) mass is 231 g/mol. The number of fused-ring (bicyclic) bond motifs is 2. The van der Waals surface area contributed by atoms with Crippen LogP contribution in [0.3, 0.4) is 0 Å². The number of rotatable bonds is 3. The second-order valence-electron chi connectivity index (χ2n) is 5.31. The standard InChI is InChI=1S/C15H21NO/c1-2-17-15-5-3-4-11(10-15)12-8-13-6-7-14(9-12)16-13/h3-5,10,12-14,16H,2,6-9H2,1H3/t12?,13-,14+. The minimum atomic E-state index is 0.731. The summed E-state index contributed by atoms with van der Waals surface area (Å²) in [7, 11) is 0. The highest BCUT2D eigenvalue weighted by molar-refractivity contribution is 5.31. The summed E-state index contributed by atoms with van der Waals surface area (Å²) < 4.78 is 5.59. The van der Waals surface area contributed by atoms with E-state index in [9.17, 15) is 0 Å². The minimum Gasteiger partial charge on any atom is -0.494 e. The Balaban J connectivity index is 1.77. The van der Waals surface area contributed by atoms with Gasteiger partial charge < -0.3 is 10.1 Å². The molecular formula is C15H21NO. The predicted octanol–water partition coefficient (Wildman–Crippen LogP) is 3.08. The van der Waals surface area contributed by atoms with E-state index in [-0.39, 0.29) is 0 Å². The quantitative estimate of drug-likeness (QED) is 0.863. The fourth-order valence-corrected chi connectivity index (χ4v) is 3.35. The van der Waals surface area contributed by atoms with Crippen molar-refractivity contribution in [3.05, 3.63) is 29.8 Å². The molecule has 2 fully saturated rings. The van der Waals surface area contributed by atoms with Gasteiger partial charge in [0.2, 0.25) is 0 Å². The molecule has 2 bridgehead atoms. The Morgan fingerprint density at radius 3 is 2.71 bits per heavy atom. The van der Waals surface area contributed by atoms with Crippen LogP contribution >= 0.6 is 0 Å². The van der Waals surface area contributed by atoms with Crippen LogP contribution in [-0.2, 0) is 0 Å². The van der Waals surface area contributed by atoms with Gasteiger partial charge in [0.1, 0.15) is 5.75 Å². The second kappa shape index (κ2) is 4.69. The van der Waals surface area contributed by atoms with Crippen LogP contribution in [0.2, 0.25) is 0 Å². The molecule has 1 N–H and O–H groups in total. The summed E-state index contributed by atoms with van der Waals surface area (Å²) in [6, 6.07) is 10.2. The minimum absolute atomic E-state index is 0.731. The molecule has 2 saturated heterocycles. The lowest BCUT2D eigenvalue weighted by atomic mass is 9.86. The van der Waals surface area contributed by atoms with E-state index in [4.69, 9.17) is 4.74 Å². The van der Waals surface area contributed by atoms with Crippen LogP contribution in [0.25, 0.3) is 0 Å². The molecule has 0 saturated carbocycles. The van der Waals surface area contributed by atoms with Crippen molar-refractivity contribution in [3.8, 4) is 5.75 Å². The first-order valence-electron chi connectivity index (χ1n) is 6.84. The Hall–Kier alpha value is -1.02. The van der Waals surface area contributed by atoms with Gasteiger partial charge in [0.05, 0.1) is 6.61 Å². The molecule has 2 heterocycles. The second-order valence-corrected chi connectivity index (χ2v) is 5.31. The van der Waals surface area contributed by atoms with E-state index in [1.807, 2.05) is 6.92 Å². The normalized spacial score (nSPS) is 31.5. The number of hydrogen-bond donors (Lipinski definition) is 1. The zero-order valence-corrected chi connectivity index (χ0v) is 10.5. The summed E-state index contributed by atoms with van der Waals surface area (Å²) in [6.45, 7) is 2.79. The number of piperidine rings is 1. The van der Waals surface area contributed by atoms with Gasteiger partial charge in [-0.25, -0.2) is 0 Å². The smallest absolute Gasteiger partial charge is 0.119 e. The third-order valence-corrected chi connectivity index (χ3v) is 4.11. The first kappa shape index (κ1) is 11.1. The molecular weight excluding hydrogens is 210 g/mol. The lowest BCUT2D eigenvalue weighted by Gasteiger charge is -2.29. The van der Waals surface area contributed by atoms with Crippen molar-refractivity contribution >= 4 is 0 Å². The maximum atomic E-state index is 5.59. The molecule has 1 aromatic rings. The highest BCUT2D eigenvalue weighted by atomic mass is 16.5. The number of ether oxygens (including phenoxy) is 1. The highest BCUT2D eigenvalue weighted by Crippen LogP contribution is 2.37. The SMILES string of the molecule is CCOc1cccc(C2C[C@H]3CC[C@@H](C2)N3)c1. The Morgan fingerprint density at radius 2 is 2.00 bits per heavy atom. The van der Waals surface area contributed by atoms with Crippen molar-refractivity contribution in [2.45, 2.75) is 50.6 Å². The molecule has 2 nitrogen and oxygen atoms in total. The lowest BCUT2D eigenvalue weighted by Crippen LogP contribution is -2.37. The molecule has 17 heavy (non-hydrogen) atoms. The van der Waals surface area contributed by atoms with E-state index in [1.54, 1.807) is 0 Å². The van der Waals surface area contributed by atoms with Gasteiger partial charge in [-0.3, -0.25) is 0 Å². The van der Waals surface area contributed by atoms with E-state index >= 15 is 0 Å². The molecule has 2 aliphatic heterocycles. The van der Waals surface area contributed by atoms with Crippen LogP contribution in [0, 0.1) is 0 Å². The van der Waals surface area contributed by atoms with E-state index in [2.05, 4.69) is 29.6 Å². The van der Waals surface area contributed by atoms with Gasteiger partial charge >= 0.3 is 0 Å². The molecule has 92 valence electrons.